The number of aryl methyl sites for hydroxylation is 1. The quantitative estimate of drug-likeness (QED) is 0.242. The van der Waals surface area contributed by atoms with Crippen molar-refractivity contribution in [3.05, 3.63) is 35.9 Å². The fourth-order valence-corrected chi connectivity index (χ4v) is 2.53. The zero-order valence-electron chi connectivity index (χ0n) is 11.5. The van der Waals surface area contributed by atoms with Crippen molar-refractivity contribution in [3.63, 3.8) is 0 Å². The topological polar surface area (TPSA) is 87.7 Å². The van der Waals surface area contributed by atoms with Gasteiger partial charge in [0, 0.05) is 6.54 Å². The van der Waals surface area contributed by atoms with Gasteiger partial charge in [0.25, 0.3) is 0 Å². The maximum atomic E-state index is 12.2. The van der Waals surface area contributed by atoms with Crippen LogP contribution in [0.15, 0.2) is 35.5 Å². The van der Waals surface area contributed by atoms with Gasteiger partial charge in [-0.2, -0.15) is 0 Å². The van der Waals surface area contributed by atoms with Gasteiger partial charge >= 0.3 is 0 Å². The van der Waals surface area contributed by atoms with Crippen LogP contribution >= 0.6 is 0 Å². The molecular weight excluding hydrogens is 254 g/mol. The lowest BCUT2D eigenvalue weighted by atomic mass is 9.67. The molecule has 4 N–H and O–H groups in total. The molecule has 1 aliphatic carbocycles. The van der Waals surface area contributed by atoms with Gasteiger partial charge in [0.15, 0.2) is 5.84 Å². The highest BCUT2D eigenvalue weighted by molar-refractivity contribution is 6.07. The molecule has 1 fully saturated rings. The summed E-state index contributed by atoms with van der Waals surface area (Å²) in [6.07, 6.45) is 4.06. The molecule has 0 saturated heterocycles. The Balaban J connectivity index is 1.78. The van der Waals surface area contributed by atoms with Gasteiger partial charge in [0.2, 0.25) is 5.91 Å². The molecule has 1 aliphatic rings. The number of benzene rings is 1. The number of hydrogen-bond acceptors (Lipinski definition) is 3. The van der Waals surface area contributed by atoms with Crippen molar-refractivity contribution in [2.75, 3.05) is 6.54 Å². The number of carbonyl (C=O) groups excluding carboxylic acids is 1. The smallest absolute Gasteiger partial charge is 0.233 e. The Morgan fingerprint density at radius 2 is 2.05 bits per heavy atom. The van der Waals surface area contributed by atoms with E-state index in [-0.39, 0.29) is 11.7 Å². The molecule has 1 saturated carbocycles. The van der Waals surface area contributed by atoms with Crippen LogP contribution in [0.1, 0.15) is 31.2 Å². The van der Waals surface area contributed by atoms with Crippen molar-refractivity contribution in [1.29, 1.82) is 0 Å². The number of carbonyl (C=O) groups is 1. The molecule has 108 valence electrons. The van der Waals surface area contributed by atoms with Gasteiger partial charge < -0.3 is 16.3 Å². The van der Waals surface area contributed by atoms with E-state index >= 15 is 0 Å². The number of amides is 1. The van der Waals surface area contributed by atoms with E-state index in [9.17, 15) is 4.79 Å². The molecule has 0 spiro atoms. The summed E-state index contributed by atoms with van der Waals surface area (Å²) < 4.78 is 0. The minimum absolute atomic E-state index is 0.0318. The summed E-state index contributed by atoms with van der Waals surface area (Å²) in [5, 5.41) is 14.7. The van der Waals surface area contributed by atoms with E-state index in [0.29, 0.717) is 19.4 Å². The van der Waals surface area contributed by atoms with E-state index in [1.165, 1.54) is 5.56 Å². The lowest BCUT2D eigenvalue weighted by Crippen LogP contribution is -2.54. The van der Waals surface area contributed by atoms with Crippen molar-refractivity contribution in [3.8, 4) is 0 Å². The lowest BCUT2D eigenvalue weighted by Gasteiger charge is -2.38. The van der Waals surface area contributed by atoms with Crippen LogP contribution in [0.3, 0.4) is 0 Å². The zero-order chi connectivity index (χ0) is 14.4. The van der Waals surface area contributed by atoms with Crippen molar-refractivity contribution in [1.82, 2.24) is 5.32 Å². The molecule has 5 heteroatoms. The first-order chi connectivity index (χ1) is 9.69. The van der Waals surface area contributed by atoms with Gasteiger partial charge in [0.1, 0.15) is 5.41 Å². The summed E-state index contributed by atoms with van der Waals surface area (Å²) in [6, 6.07) is 10.2. The van der Waals surface area contributed by atoms with Crippen LogP contribution in [0.2, 0.25) is 0 Å². The second-order valence-corrected chi connectivity index (χ2v) is 5.27. The standard InChI is InChI=1S/C15H21N3O2/c16-13(18-20)15(9-5-10-15)14(19)17-11-4-8-12-6-2-1-3-7-12/h1-3,6-7,20H,4-5,8-11H2,(H2,16,18)(H,17,19). The SMILES string of the molecule is N/C(=N/O)C1(C(=O)NCCCc2ccccc2)CCC1. The number of amidine groups is 1. The Kier molecular flexibility index (Phi) is 4.61. The van der Waals surface area contributed by atoms with Crippen LogP contribution < -0.4 is 11.1 Å². The fraction of sp³-hybridized carbons (Fsp3) is 0.467. The van der Waals surface area contributed by atoms with Gasteiger partial charge in [-0.1, -0.05) is 41.9 Å². The van der Waals surface area contributed by atoms with E-state index in [1.807, 2.05) is 18.2 Å². The third kappa shape index (κ3) is 2.92. The molecule has 2 rings (SSSR count). The molecule has 0 heterocycles. The molecule has 5 nitrogen and oxygen atoms in total. The van der Waals surface area contributed by atoms with E-state index in [1.54, 1.807) is 0 Å². The number of nitrogens with one attached hydrogen (secondary N) is 1. The van der Waals surface area contributed by atoms with Crippen LogP contribution in [0.25, 0.3) is 0 Å². The monoisotopic (exact) mass is 275 g/mol. The second kappa shape index (κ2) is 6.41. The number of rotatable bonds is 6. The molecule has 0 radical (unpaired) electrons. The lowest BCUT2D eigenvalue weighted by molar-refractivity contribution is -0.131. The Hall–Kier alpha value is -2.04. The van der Waals surface area contributed by atoms with Crippen LogP contribution in [-0.2, 0) is 11.2 Å². The minimum Gasteiger partial charge on any atom is -0.409 e. The zero-order valence-corrected chi connectivity index (χ0v) is 11.5. The highest BCUT2D eigenvalue weighted by Gasteiger charge is 2.48. The van der Waals surface area contributed by atoms with Gasteiger partial charge in [-0.05, 0) is 31.2 Å². The molecule has 1 aromatic rings. The minimum atomic E-state index is -0.776. The number of nitrogens with two attached hydrogens (primary N) is 1. The van der Waals surface area contributed by atoms with Crippen molar-refractivity contribution < 1.29 is 10.0 Å². The first-order valence-electron chi connectivity index (χ1n) is 6.99. The van der Waals surface area contributed by atoms with E-state index in [2.05, 4.69) is 22.6 Å². The first kappa shape index (κ1) is 14.4. The molecule has 0 aromatic heterocycles. The first-order valence-corrected chi connectivity index (χ1v) is 6.99. The summed E-state index contributed by atoms with van der Waals surface area (Å²) in [5.41, 5.74) is 6.13. The van der Waals surface area contributed by atoms with E-state index in [4.69, 9.17) is 10.9 Å². The number of nitrogens with zero attached hydrogens (tertiary/aromatic N) is 1. The molecule has 1 amide bonds. The summed E-state index contributed by atoms with van der Waals surface area (Å²) >= 11 is 0. The Morgan fingerprint density at radius 3 is 2.60 bits per heavy atom. The normalized spacial score (nSPS) is 17.3. The van der Waals surface area contributed by atoms with E-state index in [0.717, 1.165) is 19.3 Å². The molecular formula is C15H21N3O2. The maximum absolute atomic E-state index is 12.2. The van der Waals surface area contributed by atoms with Crippen LogP contribution in [0.5, 0.6) is 0 Å². The highest BCUT2D eigenvalue weighted by atomic mass is 16.4. The van der Waals surface area contributed by atoms with Crippen molar-refractivity contribution in [2.45, 2.75) is 32.1 Å². The predicted molar refractivity (Wildman–Crippen MR) is 77.5 cm³/mol. The van der Waals surface area contributed by atoms with Crippen LogP contribution in [0, 0.1) is 5.41 Å². The Bertz CT molecular complexity index is 481. The molecule has 20 heavy (non-hydrogen) atoms. The third-order valence-corrected chi connectivity index (χ3v) is 4.01. The summed E-state index contributed by atoms with van der Waals surface area (Å²) in [7, 11) is 0. The molecule has 0 atom stereocenters. The molecule has 0 unspecified atom stereocenters. The van der Waals surface area contributed by atoms with Gasteiger partial charge in [0.05, 0.1) is 0 Å². The predicted octanol–water partition coefficient (Wildman–Crippen LogP) is 1.65. The maximum Gasteiger partial charge on any atom is 0.233 e. The van der Waals surface area contributed by atoms with Crippen LogP contribution in [-0.4, -0.2) is 23.5 Å². The van der Waals surface area contributed by atoms with Gasteiger partial charge in [-0.25, -0.2) is 0 Å². The Labute approximate surface area is 118 Å². The summed E-state index contributed by atoms with van der Waals surface area (Å²) in [6.45, 7) is 0.605. The average Bonchev–Trinajstić information content (AvgIpc) is 2.43. The molecule has 1 aromatic carbocycles. The largest absolute Gasteiger partial charge is 0.409 e. The molecule has 0 aliphatic heterocycles. The summed E-state index contributed by atoms with van der Waals surface area (Å²) in [4.78, 5) is 12.2. The third-order valence-electron chi connectivity index (χ3n) is 4.01. The average molecular weight is 275 g/mol. The van der Waals surface area contributed by atoms with Gasteiger partial charge in [-0.15, -0.1) is 0 Å². The Morgan fingerprint density at radius 1 is 1.35 bits per heavy atom. The second-order valence-electron chi connectivity index (χ2n) is 5.27. The van der Waals surface area contributed by atoms with Crippen molar-refractivity contribution >= 4 is 11.7 Å². The van der Waals surface area contributed by atoms with Crippen molar-refractivity contribution in [2.24, 2.45) is 16.3 Å². The van der Waals surface area contributed by atoms with E-state index < -0.39 is 5.41 Å². The van der Waals surface area contributed by atoms with Gasteiger partial charge in [-0.3, -0.25) is 4.79 Å². The number of hydrogen-bond donors (Lipinski definition) is 3. The molecule has 0 bridgehead atoms. The number of oxime groups is 1. The van der Waals surface area contributed by atoms with Crippen LogP contribution in [0.4, 0.5) is 0 Å². The fourth-order valence-electron chi connectivity index (χ4n) is 2.53. The summed E-state index contributed by atoms with van der Waals surface area (Å²) in [5.74, 6) is -0.0866. The highest BCUT2D eigenvalue weighted by Crippen LogP contribution is 2.41.